The molecule has 2 aromatic rings. The topological polar surface area (TPSA) is 109 Å². The van der Waals surface area contributed by atoms with E-state index in [1.54, 1.807) is 4.90 Å². The maximum Gasteiger partial charge on any atom is 0.335 e. The Hall–Kier alpha value is -2.65. The Bertz CT molecular complexity index is 888. The number of aliphatic carboxylic acids is 1. The van der Waals surface area contributed by atoms with Crippen LogP contribution in [0, 0.1) is 0 Å². The number of amides is 1. The zero-order valence-electron chi connectivity index (χ0n) is 14.4. The first-order chi connectivity index (χ1) is 12.9. The highest BCUT2D eigenvalue weighted by Crippen LogP contribution is 2.36. The Morgan fingerprint density at radius 2 is 1.96 bits per heavy atom. The predicted molar refractivity (Wildman–Crippen MR) is 95.8 cm³/mol. The van der Waals surface area contributed by atoms with Crippen LogP contribution in [-0.2, 0) is 16.0 Å². The van der Waals surface area contributed by atoms with Crippen molar-refractivity contribution in [2.45, 2.75) is 24.9 Å². The van der Waals surface area contributed by atoms with Crippen LogP contribution in [-0.4, -0.2) is 57.5 Å². The molecule has 3 heterocycles. The average molecular weight is 390 g/mol. The molecular weight excluding hydrogens is 372 g/mol. The molecule has 2 aliphatic rings. The second-order valence-corrected chi connectivity index (χ2v) is 7.46. The maximum absolute atomic E-state index is 12.5. The van der Waals surface area contributed by atoms with Gasteiger partial charge in [0.1, 0.15) is 5.01 Å². The van der Waals surface area contributed by atoms with Crippen LogP contribution in [0.3, 0.4) is 0 Å². The number of hydrogen-bond donors (Lipinski definition) is 2. The van der Waals surface area contributed by atoms with Crippen LogP contribution in [0.4, 0.5) is 0 Å². The normalized spacial score (nSPS) is 17.7. The van der Waals surface area contributed by atoms with Gasteiger partial charge in [0.2, 0.25) is 12.7 Å². The Morgan fingerprint density at radius 3 is 2.70 bits per heavy atom. The molecule has 1 aromatic carbocycles. The molecule has 4 rings (SSSR count). The minimum Gasteiger partial charge on any atom is -0.479 e. The number of rotatable bonds is 4. The largest absolute Gasteiger partial charge is 0.479 e. The predicted octanol–water partition coefficient (Wildman–Crippen LogP) is 1.52. The zero-order valence-corrected chi connectivity index (χ0v) is 15.2. The minimum absolute atomic E-state index is 0.0353. The maximum atomic E-state index is 12.5. The SMILES string of the molecule is O=C(Cc1csc(-c2ccc3c(c2)OCO3)n1)N1CCC(O)(C(=O)O)CC1. The van der Waals surface area contributed by atoms with E-state index in [9.17, 15) is 14.7 Å². The number of ether oxygens (including phenoxy) is 2. The van der Waals surface area contributed by atoms with Gasteiger partial charge in [0.25, 0.3) is 0 Å². The number of thiazole rings is 1. The molecule has 1 saturated heterocycles. The lowest BCUT2D eigenvalue weighted by atomic mass is 9.91. The number of likely N-dealkylation sites (tertiary alicyclic amines) is 1. The van der Waals surface area contributed by atoms with Gasteiger partial charge < -0.3 is 24.6 Å². The number of aliphatic hydroxyl groups is 1. The third-order valence-electron chi connectivity index (χ3n) is 4.85. The summed E-state index contributed by atoms with van der Waals surface area (Å²) in [6.07, 6.45) is 0.216. The molecule has 27 heavy (non-hydrogen) atoms. The van der Waals surface area contributed by atoms with Crippen molar-refractivity contribution in [3.05, 3.63) is 29.3 Å². The Kier molecular flexibility index (Phi) is 4.48. The molecule has 0 spiro atoms. The lowest BCUT2D eigenvalue weighted by Gasteiger charge is -2.35. The molecule has 1 amide bonds. The summed E-state index contributed by atoms with van der Waals surface area (Å²) in [7, 11) is 0. The van der Waals surface area contributed by atoms with Crippen molar-refractivity contribution < 1.29 is 29.3 Å². The van der Waals surface area contributed by atoms with Gasteiger partial charge in [-0.3, -0.25) is 4.79 Å². The summed E-state index contributed by atoms with van der Waals surface area (Å²) in [5.41, 5.74) is -0.173. The molecule has 0 unspecified atom stereocenters. The number of hydrogen-bond acceptors (Lipinski definition) is 7. The summed E-state index contributed by atoms with van der Waals surface area (Å²) in [4.78, 5) is 29.7. The lowest BCUT2D eigenvalue weighted by Crippen LogP contribution is -2.51. The first-order valence-electron chi connectivity index (χ1n) is 8.53. The number of carbonyl (C=O) groups is 2. The second-order valence-electron chi connectivity index (χ2n) is 6.61. The van der Waals surface area contributed by atoms with Gasteiger partial charge in [-0.25, -0.2) is 9.78 Å². The number of piperidine rings is 1. The lowest BCUT2D eigenvalue weighted by molar-refractivity contribution is -0.165. The van der Waals surface area contributed by atoms with Crippen LogP contribution in [0.1, 0.15) is 18.5 Å². The van der Waals surface area contributed by atoms with Crippen LogP contribution in [0.2, 0.25) is 0 Å². The van der Waals surface area contributed by atoms with E-state index >= 15 is 0 Å². The van der Waals surface area contributed by atoms with Crippen LogP contribution in [0.25, 0.3) is 10.6 Å². The minimum atomic E-state index is -1.73. The summed E-state index contributed by atoms with van der Waals surface area (Å²) in [5, 5.41) is 21.6. The van der Waals surface area contributed by atoms with Gasteiger partial charge in [0, 0.05) is 36.9 Å². The number of nitrogens with zero attached hydrogens (tertiary/aromatic N) is 2. The van der Waals surface area contributed by atoms with E-state index in [0.29, 0.717) is 17.2 Å². The standard InChI is InChI=1S/C18H18N2O6S/c21-15(20-5-3-18(24,4-6-20)17(22)23)8-12-9-27-16(19-12)11-1-2-13-14(7-11)26-10-25-13/h1-2,7,9,24H,3-6,8,10H2,(H,22,23). The van der Waals surface area contributed by atoms with E-state index in [4.69, 9.17) is 14.6 Å². The molecule has 2 aliphatic heterocycles. The van der Waals surface area contributed by atoms with Crippen molar-refractivity contribution in [3.63, 3.8) is 0 Å². The monoisotopic (exact) mass is 390 g/mol. The molecule has 0 atom stereocenters. The van der Waals surface area contributed by atoms with Gasteiger partial charge in [0.05, 0.1) is 12.1 Å². The molecule has 0 aliphatic carbocycles. The van der Waals surface area contributed by atoms with Crippen LogP contribution < -0.4 is 9.47 Å². The molecule has 9 heteroatoms. The van der Waals surface area contributed by atoms with Gasteiger partial charge in [-0.2, -0.15) is 0 Å². The van der Waals surface area contributed by atoms with E-state index in [2.05, 4.69) is 4.98 Å². The van der Waals surface area contributed by atoms with E-state index in [1.807, 2.05) is 23.6 Å². The van der Waals surface area contributed by atoms with E-state index in [0.717, 1.165) is 10.6 Å². The first-order valence-corrected chi connectivity index (χ1v) is 9.40. The highest BCUT2D eigenvalue weighted by molar-refractivity contribution is 7.13. The molecule has 0 saturated carbocycles. The summed E-state index contributed by atoms with van der Waals surface area (Å²) < 4.78 is 10.7. The number of fused-ring (bicyclic) bond motifs is 1. The van der Waals surface area contributed by atoms with E-state index in [-0.39, 0.29) is 45.1 Å². The summed E-state index contributed by atoms with van der Waals surface area (Å²) in [5.74, 6) is 0.0316. The number of carboxylic acid groups (broad SMARTS) is 1. The second kappa shape index (κ2) is 6.82. The molecule has 2 N–H and O–H groups in total. The molecule has 1 aromatic heterocycles. The van der Waals surface area contributed by atoms with Crippen LogP contribution in [0.5, 0.6) is 11.5 Å². The molecule has 0 radical (unpaired) electrons. The molecule has 0 bridgehead atoms. The highest BCUT2D eigenvalue weighted by atomic mass is 32.1. The number of carbonyl (C=O) groups excluding carboxylic acids is 1. The summed E-state index contributed by atoms with van der Waals surface area (Å²) in [6, 6.07) is 5.60. The third-order valence-corrected chi connectivity index (χ3v) is 5.79. The van der Waals surface area contributed by atoms with Gasteiger partial charge in [-0.1, -0.05) is 0 Å². The molecular formula is C18H18N2O6S. The fourth-order valence-corrected chi connectivity index (χ4v) is 3.97. The molecule has 8 nitrogen and oxygen atoms in total. The van der Waals surface area contributed by atoms with Crippen molar-refractivity contribution in [2.75, 3.05) is 19.9 Å². The van der Waals surface area contributed by atoms with E-state index in [1.165, 1.54) is 11.3 Å². The van der Waals surface area contributed by atoms with Gasteiger partial charge >= 0.3 is 5.97 Å². The molecule has 142 valence electrons. The fraction of sp³-hybridized carbons (Fsp3) is 0.389. The van der Waals surface area contributed by atoms with Crippen molar-refractivity contribution in [2.24, 2.45) is 0 Å². The smallest absolute Gasteiger partial charge is 0.335 e. The van der Waals surface area contributed by atoms with Crippen LogP contribution in [0.15, 0.2) is 23.6 Å². The summed E-state index contributed by atoms with van der Waals surface area (Å²) >= 11 is 1.44. The first kappa shape index (κ1) is 17.7. The van der Waals surface area contributed by atoms with Crippen molar-refractivity contribution >= 4 is 23.2 Å². The Labute approximate surface area is 159 Å². The van der Waals surface area contributed by atoms with Crippen molar-refractivity contribution in [1.82, 2.24) is 9.88 Å². The highest BCUT2D eigenvalue weighted by Gasteiger charge is 2.40. The van der Waals surface area contributed by atoms with Crippen LogP contribution >= 0.6 is 11.3 Å². The average Bonchev–Trinajstić information content (AvgIpc) is 3.30. The zero-order chi connectivity index (χ0) is 19.0. The Morgan fingerprint density at radius 1 is 1.22 bits per heavy atom. The van der Waals surface area contributed by atoms with Gasteiger partial charge in [-0.15, -0.1) is 11.3 Å². The number of benzene rings is 1. The van der Waals surface area contributed by atoms with Gasteiger partial charge in [0.15, 0.2) is 17.1 Å². The van der Waals surface area contributed by atoms with Crippen molar-refractivity contribution in [1.29, 1.82) is 0 Å². The van der Waals surface area contributed by atoms with E-state index < -0.39 is 11.6 Å². The number of carboxylic acids is 1. The van der Waals surface area contributed by atoms with Gasteiger partial charge in [-0.05, 0) is 18.2 Å². The van der Waals surface area contributed by atoms with Crippen molar-refractivity contribution in [3.8, 4) is 22.1 Å². The quantitative estimate of drug-likeness (QED) is 0.815. The summed E-state index contributed by atoms with van der Waals surface area (Å²) in [6.45, 7) is 0.658. The molecule has 1 fully saturated rings. The third kappa shape index (κ3) is 3.47. The Balaban J connectivity index is 1.40. The fourth-order valence-electron chi connectivity index (χ4n) is 3.16. The number of aromatic nitrogens is 1.